The lowest BCUT2D eigenvalue weighted by atomic mass is 9.88. The van der Waals surface area contributed by atoms with E-state index < -0.39 is 7.60 Å². The lowest BCUT2D eigenvalue weighted by Crippen LogP contribution is -2.38. The van der Waals surface area contributed by atoms with E-state index in [0.717, 1.165) is 25.7 Å². The Morgan fingerprint density at radius 3 is 2.65 bits per heavy atom. The van der Waals surface area contributed by atoms with Crippen molar-refractivity contribution in [3.63, 3.8) is 0 Å². The van der Waals surface area contributed by atoms with Crippen molar-refractivity contribution in [2.24, 2.45) is 17.8 Å². The van der Waals surface area contributed by atoms with Gasteiger partial charge in [0.15, 0.2) is 0 Å². The van der Waals surface area contributed by atoms with E-state index in [1.807, 2.05) is 0 Å². The summed E-state index contributed by atoms with van der Waals surface area (Å²) < 4.78 is 22.9. The molecule has 98 valence electrons. The van der Waals surface area contributed by atoms with Crippen LogP contribution >= 0.6 is 7.60 Å². The first-order chi connectivity index (χ1) is 7.81. The zero-order chi connectivity index (χ0) is 12.5. The van der Waals surface area contributed by atoms with Crippen LogP contribution in [-0.4, -0.2) is 29.9 Å². The van der Waals surface area contributed by atoms with Crippen molar-refractivity contribution >= 4 is 7.60 Å². The lowest BCUT2D eigenvalue weighted by molar-refractivity contribution is -0.0601. The standard InChI is InChI=1S/C12H21O4P/c1-8-4-10-11(5-8,15-2)6-9-7-12(9,10)16-17(3,13)14/h8-10H,4-7H2,1-3H3,(H,13,14)/t8-,9?,10?,11?,12-/m1/s1. The van der Waals surface area contributed by atoms with Crippen molar-refractivity contribution in [1.29, 1.82) is 0 Å². The van der Waals surface area contributed by atoms with Gasteiger partial charge in [0.05, 0.1) is 11.2 Å². The van der Waals surface area contributed by atoms with Crippen molar-refractivity contribution in [2.45, 2.75) is 43.8 Å². The predicted octanol–water partition coefficient (Wildman–Crippen LogP) is 2.41. The summed E-state index contributed by atoms with van der Waals surface area (Å²) in [5, 5.41) is 0. The topological polar surface area (TPSA) is 55.8 Å². The Hall–Kier alpha value is 0.110. The Balaban J connectivity index is 1.89. The molecular weight excluding hydrogens is 239 g/mol. The first kappa shape index (κ1) is 12.2. The molecule has 3 aliphatic carbocycles. The second-order valence-corrected chi connectivity index (χ2v) is 8.11. The van der Waals surface area contributed by atoms with Gasteiger partial charge in [-0.25, -0.2) is 0 Å². The highest BCUT2D eigenvalue weighted by Crippen LogP contribution is 2.74. The van der Waals surface area contributed by atoms with Crippen LogP contribution in [0.15, 0.2) is 0 Å². The second-order valence-electron chi connectivity index (χ2n) is 6.32. The van der Waals surface area contributed by atoms with E-state index in [2.05, 4.69) is 6.92 Å². The Morgan fingerprint density at radius 1 is 1.35 bits per heavy atom. The van der Waals surface area contributed by atoms with Crippen LogP contribution in [0.25, 0.3) is 0 Å². The quantitative estimate of drug-likeness (QED) is 0.792. The number of methoxy groups -OCH3 is 1. The molecule has 17 heavy (non-hydrogen) atoms. The maximum Gasteiger partial charge on any atom is 0.325 e. The summed E-state index contributed by atoms with van der Waals surface area (Å²) in [6, 6.07) is 0. The predicted molar refractivity (Wildman–Crippen MR) is 63.9 cm³/mol. The molecule has 0 aromatic rings. The van der Waals surface area contributed by atoms with Gasteiger partial charge in [0.2, 0.25) is 0 Å². The molecule has 0 heterocycles. The molecule has 3 aliphatic rings. The molecule has 3 rings (SSSR count). The summed E-state index contributed by atoms with van der Waals surface area (Å²) in [5.74, 6) is 1.36. The van der Waals surface area contributed by atoms with E-state index in [1.165, 1.54) is 6.66 Å². The summed E-state index contributed by atoms with van der Waals surface area (Å²) in [6.07, 6.45) is 4.06. The number of rotatable bonds is 3. The smallest absolute Gasteiger partial charge is 0.325 e. The molecule has 3 fully saturated rings. The van der Waals surface area contributed by atoms with Gasteiger partial charge in [-0.3, -0.25) is 4.57 Å². The van der Waals surface area contributed by atoms with E-state index in [0.29, 0.717) is 17.8 Å². The minimum absolute atomic E-state index is 0.0858. The number of ether oxygens (including phenoxy) is 1. The fraction of sp³-hybridized carbons (Fsp3) is 1.00. The van der Waals surface area contributed by atoms with E-state index in [9.17, 15) is 9.46 Å². The van der Waals surface area contributed by atoms with Gasteiger partial charge in [-0.05, 0) is 37.5 Å². The molecule has 0 amide bonds. The summed E-state index contributed by atoms with van der Waals surface area (Å²) in [5.41, 5.74) is -0.433. The monoisotopic (exact) mass is 260 g/mol. The second kappa shape index (κ2) is 3.36. The molecule has 0 spiro atoms. The Bertz CT molecular complexity index is 392. The summed E-state index contributed by atoms with van der Waals surface area (Å²) in [6.45, 7) is 3.52. The van der Waals surface area contributed by atoms with Crippen molar-refractivity contribution in [2.75, 3.05) is 13.8 Å². The van der Waals surface area contributed by atoms with Gasteiger partial charge >= 0.3 is 7.60 Å². The molecule has 0 aromatic heterocycles. The molecule has 1 N–H and O–H groups in total. The number of hydrogen-bond acceptors (Lipinski definition) is 3. The lowest BCUT2D eigenvalue weighted by Gasteiger charge is -2.33. The summed E-state index contributed by atoms with van der Waals surface area (Å²) >= 11 is 0. The molecule has 4 unspecified atom stereocenters. The van der Waals surface area contributed by atoms with Crippen LogP contribution in [0.2, 0.25) is 0 Å². The third-order valence-corrected chi connectivity index (χ3v) is 5.67. The zero-order valence-corrected chi connectivity index (χ0v) is 11.6. The minimum Gasteiger partial charge on any atom is -0.378 e. The highest BCUT2D eigenvalue weighted by molar-refractivity contribution is 7.51. The fourth-order valence-corrected chi connectivity index (χ4v) is 5.50. The van der Waals surface area contributed by atoms with Gasteiger partial charge in [-0.2, -0.15) is 0 Å². The van der Waals surface area contributed by atoms with Crippen molar-refractivity contribution < 1.29 is 18.7 Å². The molecule has 0 saturated heterocycles. The molecule has 0 aliphatic heterocycles. The van der Waals surface area contributed by atoms with E-state index in [4.69, 9.17) is 9.26 Å². The van der Waals surface area contributed by atoms with E-state index >= 15 is 0 Å². The summed E-state index contributed by atoms with van der Waals surface area (Å²) in [4.78, 5) is 9.50. The van der Waals surface area contributed by atoms with Gasteiger partial charge in [0.1, 0.15) is 0 Å². The molecule has 0 aromatic carbocycles. The Morgan fingerprint density at radius 2 is 2.06 bits per heavy atom. The number of hydrogen-bond donors (Lipinski definition) is 1. The van der Waals surface area contributed by atoms with Crippen LogP contribution in [0.4, 0.5) is 0 Å². The largest absolute Gasteiger partial charge is 0.378 e. The van der Waals surface area contributed by atoms with Gasteiger partial charge in [-0.1, -0.05) is 6.92 Å². The number of fused-ring (bicyclic) bond motifs is 3. The zero-order valence-electron chi connectivity index (χ0n) is 10.7. The molecule has 4 nitrogen and oxygen atoms in total. The van der Waals surface area contributed by atoms with Crippen molar-refractivity contribution in [3.05, 3.63) is 0 Å². The maximum atomic E-state index is 11.6. The van der Waals surface area contributed by atoms with Gasteiger partial charge in [-0.15, -0.1) is 0 Å². The average molecular weight is 260 g/mol. The van der Waals surface area contributed by atoms with Gasteiger partial charge in [0, 0.05) is 19.7 Å². The minimum atomic E-state index is -3.40. The van der Waals surface area contributed by atoms with Gasteiger partial charge < -0.3 is 14.2 Å². The average Bonchev–Trinajstić information content (AvgIpc) is 2.61. The molecule has 6 atom stereocenters. The van der Waals surface area contributed by atoms with Crippen LogP contribution < -0.4 is 0 Å². The highest BCUT2D eigenvalue weighted by atomic mass is 31.2. The van der Waals surface area contributed by atoms with E-state index in [1.54, 1.807) is 7.11 Å². The SMILES string of the molecule is COC12CC3C[C@]3(OP(C)(=O)O)C1C[C@@H](C)C2. The third-order valence-electron chi connectivity index (χ3n) is 4.99. The first-order valence-electron chi connectivity index (χ1n) is 6.37. The van der Waals surface area contributed by atoms with Gasteiger partial charge in [0.25, 0.3) is 0 Å². The Kier molecular flexibility index (Phi) is 2.40. The third kappa shape index (κ3) is 1.65. The summed E-state index contributed by atoms with van der Waals surface area (Å²) in [7, 11) is -1.63. The van der Waals surface area contributed by atoms with E-state index in [-0.39, 0.29) is 11.2 Å². The molecule has 0 radical (unpaired) electrons. The van der Waals surface area contributed by atoms with Crippen molar-refractivity contribution in [1.82, 2.24) is 0 Å². The molecular formula is C12H21O4P. The molecule has 3 saturated carbocycles. The van der Waals surface area contributed by atoms with Crippen LogP contribution in [0.5, 0.6) is 0 Å². The maximum absolute atomic E-state index is 11.6. The Labute approximate surface area is 102 Å². The first-order valence-corrected chi connectivity index (χ1v) is 8.40. The molecule has 5 heteroatoms. The van der Waals surface area contributed by atoms with Crippen LogP contribution in [0.3, 0.4) is 0 Å². The molecule has 0 bridgehead atoms. The van der Waals surface area contributed by atoms with Crippen LogP contribution in [0.1, 0.15) is 32.6 Å². The normalized spacial score (nSPS) is 55.2. The fourth-order valence-electron chi connectivity index (χ4n) is 4.52. The highest BCUT2D eigenvalue weighted by Gasteiger charge is 2.76. The van der Waals surface area contributed by atoms with Crippen molar-refractivity contribution in [3.8, 4) is 0 Å². The van der Waals surface area contributed by atoms with Crippen LogP contribution in [-0.2, 0) is 13.8 Å². The van der Waals surface area contributed by atoms with Crippen LogP contribution in [0, 0.1) is 17.8 Å².